The molecule has 0 bridgehead atoms. The molecule has 3 rings (SSSR count). The molecule has 0 spiro atoms. The van der Waals surface area contributed by atoms with Crippen molar-refractivity contribution < 1.29 is 28.4 Å². The fourth-order valence-electron chi connectivity index (χ4n) is 2.95. The van der Waals surface area contributed by atoms with Crippen molar-refractivity contribution in [3.8, 4) is 0 Å². The molecular formula is C20H18FN3O6. The van der Waals surface area contributed by atoms with E-state index < -0.39 is 34.4 Å². The highest BCUT2D eigenvalue weighted by molar-refractivity contribution is 5.98. The number of nitro groups is 1. The number of benzene rings is 2. The van der Waals surface area contributed by atoms with Crippen LogP contribution in [-0.2, 0) is 14.3 Å². The van der Waals surface area contributed by atoms with Gasteiger partial charge in [0.2, 0.25) is 11.7 Å². The SMILES string of the molecule is C[C@@H](OC(=O)c1ccc(N2CCCC2=O)cc1)C(=O)Nc1ccc(F)c([N+](=O)[O-])c1. The molecule has 1 aliphatic rings. The molecule has 0 aliphatic carbocycles. The Morgan fingerprint density at radius 2 is 1.93 bits per heavy atom. The first kappa shape index (κ1) is 20.9. The summed E-state index contributed by atoms with van der Waals surface area (Å²) in [4.78, 5) is 47.8. The van der Waals surface area contributed by atoms with Gasteiger partial charge in [-0.3, -0.25) is 19.7 Å². The number of carbonyl (C=O) groups excluding carboxylic acids is 3. The number of ether oxygens (including phenoxy) is 1. The third-order valence-electron chi connectivity index (χ3n) is 4.55. The molecule has 2 aromatic carbocycles. The van der Waals surface area contributed by atoms with Crippen molar-refractivity contribution in [1.29, 1.82) is 0 Å². The number of hydrogen-bond acceptors (Lipinski definition) is 6. The Kier molecular flexibility index (Phi) is 6.05. The van der Waals surface area contributed by atoms with Crippen molar-refractivity contribution in [3.05, 3.63) is 64.0 Å². The first-order valence-corrected chi connectivity index (χ1v) is 9.12. The Hall–Kier alpha value is -3.82. The average molecular weight is 415 g/mol. The highest BCUT2D eigenvalue weighted by atomic mass is 19.1. The Balaban J connectivity index is 1.61. The second kappa shape index (κ2) is 8.68. The molecule has 1 fully saturated rings. The molecule has 0 radical (unpaired) electrons. The van der Waals surface area contributed by atoms with Gasteiger partial charge in [0, 0.05) is 30.4 Å². The second-order valence-corrected chi connectivity index (χ2v) is 6.66. The Morgan fingerprint density at radius 3 is 2.53 bits per heavy atom. The van der Waals surface area contributed by atoms with Gasteiger partial charge in [-0.05, 0) is 49.7 Å². The summed E-state index contributed by atoms with van der Waals surface area (Å²) >= 11 is 0. The Labute approximate surface area is 170 Å². The fraction of sp³-hybridized carbons (Fsp3) is 0.250. The summed E-state index contributed by atoms with van der Waals surface area (Å²) < 4.78 is 18.5. The maximum atomic E-state index is 13.4. The van der Waals surface area contributed by atoms with E-state index in [1.165, 1.54) is 19.1 Å². The molecule has 0 aromatic heterocycles. The lowest BCUT2D eigenvalue weighted by molar-refractivity contribution is -0.387. The van der Waals surface area contributed by atoms with Crippen LogP contribution in [0.25, 0.3) is 0 Å². The van der Waals surface area contributed by atoms with Crippen LogP contribution in [-0.4, -0.2) is 35.4 Å². The molecule has 0 saturated carbocycles. The number of halogens is 1. The van der Waals surface area contributed by atoms with Crippen molar-refractivity contribution in [2.45, 2.75) is 25.9 Å². The predicted molar refractivity (Wildman–Crippen MR) is 105 cm³/mol. The van der Waals surface area contributed by atoms with E-state index in [0.717, 1.165) is 24.6 Å². The van der Waals surface area contributed by atoms with Crippen molar-refractivity contribution in [2.24, 2.45) is 0 Å². The maximum absolute atomic E-state index is 13.4. The van der Waals surface area contributed by atoms with Crippen LogP contribution in [0.3, 0.4) is 0 Å². The Bertz CT molecular complexity index is 1010. The summed E-state index contributed by atoms with van der Waals surface area (Å²) in [6.45, 7) is 1.96. The quantitative estimate of drug-likeness (QED) is 0.440. The third kappa shape index (κ3) is 4.59. The van der Waals surface area contributed by atoms with Gasteiger partial charge in [0.1, 0.15) is 0 Å². The average Bonchev–Trinajstić information content (AvgIpc) is 3.15. The van der Waals surface area contributed by atoms with E-state index in [9.17, 15) is 28.9 Å². The fourth-order valence-corrected chi connectivity index (χ4v) is 2.95. The molecule has 2 amide bonds. The van der Waals surface area contributed by atoms with Crippen LogP contribution in [0.2, 0.25) is 0 Å². The number of carbonyl (C=O) groups is 3. The van der Waals surface area contributed by atoms with Crippen LogP contribution in [0.4, 0.5) is 21.5 Å². The molecule has 1 atom stereocenters. The second-order valence-electron chi connectivity index (χ2n) is 6.66. The number of rotatable bonds is 6. The monoisotopic (exact) mass is 415 g/mol. The molecule has 156 valence electrons. The highest BCUT2D eigenvalue weighted by Crippen LogP contribution is 2.23. The smallest absolute Gasteiger partial charge is 0.338 e. The zero-order valence-electron chi connectivity index (χ0n) is 16.0. The van der Waals surface area contributed by atoms with Crippen molar-refractivity contribution in [1.82, 2.24) is 0 Å². The molecule has 0 unspecified atom stereocenters. The molecule has 10 heteroatoms. The number of hydrogen-bond donors (Lipinski definition) is 1. The van der Waals surface area contributed by atoms with E-state index in [-0.39, 0.29) is 17.2 Å². The van der Waals surface area contributed by atoms with Crippen LogP contribution in [0.15, 0.2) is 42.5 Å². The topological polar surface area (TPSA) is 119 Å². The summed E-state index contributed by atoms with van der Waals surface area (Å²) in [6, 6.07) is 9.14. The zero-order chi connectivity index (χ0) is 21.8. The van der Waals surface area contributed by atoms with Gasteiger partial charge < -0.3 is 15.0 Å². The van der Waals surface area contributed by atoms with E-state index in [4.69, 9.17) is 4.74 Å². The number of amides is 2. The van der Waals surface area contributed by atoms with Gasteiger partial charge in [0.05, 0.1) is 10.5 Å². The van der Waals surface area contributed by atoms with Crippen molar-refractivity contribution in [2.75, 3.05) is 16.8 Å². The van der Waals surface area contributed by atoms with E-state index in [1.54, 1.807) is 17.0 Å². The van der Waals surface area contributed by atoms with Gasteiger partial charge in [-0.1, -0.05) is 0 Å². The number of esters is 1. The molecule has 1 N–H and O–H groups in total. The first-order chi connectivity index (χ1) is 14.3. The third-order valence-corrected chi connectivity index (χ3v) is 4.55. The summed E-state index contributed by atoms with van der Waals surface area (Å²) in [5.74, 6) is -2.49. The van der Waals surface area contributed by atoms with Crippen LogP contribution in [0, 0.1) is 15.9 Å². The van der Waals surface area contributed by atoms with Gasteiger partial charge in [-0.15, -0.1) is 0 Å². The number of nitrogens with one attached hydrogen (secondary N) is 1. The van der Waals surface area contributed by atoms with Crippen LogP contribution in [0.1, 0.15) is 30.1 Å². The molecule has 2 aromatic rings. The Morgan fingerprint density at radius 1 is 1.23 bits per heavy atom. The van der Waals surface area contributed by atoms with Gasteiger partial charge >= 0.3 is 11.7 Å². The number of nitro benzene ring substituents is 1. The minimum Gasteiger partial charge on any atom is -0.449 e. The van der Waals surface area contributed by atoms with Crippen LogP contribution in [0.5, 0.6) is 0 Å². The van der Waals surface area contributed by atoms with Crippen LogP contribution < -0.4 is 10.2 Å². The van der Waals surface area contributed by atoms with E-state index >= 15 is 0 Å². The van der Waals surface area contributed by atoms with E-state index in [0.29, 0.717) is 18.7 Å². The molecule has 30 heavy (non-hydrogen) atoms. The standard InChI is InChI=1S/C20H18FN3O6/c1-12(19(26)22-14-6-9-16(21)17(11-14)24(28)29)30-20(27)13-4-7-15(8-5-13)23-10-2-3-18(23)25/h4-9,11-12H,2-3,10H2,1H3,(H,22,26)/t12-/m1/s1. The minimum atomic E-state index is -1.21. The van der Waals surface area contributed by atoms with E-state index in [2.05, 4.69) is 5.32 Å². The number of anilines is 2. The lowest BCUT2D eigenvalue weighted by Gasteiger charge is -2.16. The van der Waals surface area contributed by atoms with Crippen LogP contribution >= 0.6 is 0 Å². The normalized spacial score (nSPS) is 14.3. The lowest BCUT2D eigenvalue weighted by Crippen LogP contribution is -2.30. The van der Waals surface area contributed by atoms with Gasteiger partial charge in [-0.25, -0.2) is 4.79 Å². The number of nitrogens with zero attached hydrogens (tertiary/aromatic N) is 2. The highest BCUT2D eigenvalue weighted by Gasteiger charge is 2.23. The summed E-state index contributed by atoms with van der Waals surface area (Å²) in [5, 5.41) is 13.1. The maximum Gasteiger partial charge on any atom is 0.338 e. The summed E-state index contributed by atoms with van der Waals surface area (Å²) in [6.07, 6.45) is 0.0709. The predicted octanol–water partition coefficient (Wildman–Crippen LogP) is 3.04. The minimum absolute atomic E-state index is 0.00404. The molecular weight excluding hydrogens is 397 g/mol. The van der Waals surface area contributed by atoms with Gasteiger partial charge in [-0.2, -0.15) is 4.39 Å². The lowest BCUT2D eigenvalue weighted by atomic mass is 10.2. The molecule has 1 heterocycles. The zero-order valence-corrected chi connectivity index (χ0v) is 16.0. The van der Waals surface area contributed by atoms with Gasteiger partial charge in [0.15, 0.2) is 6.10 Å². The molecule has 1 saturated heterocycles. The summed E-state index contributed by atoms with van der Waals surface area (Å²) in [5.41, 5.74) is 0.0878. The summed E-state index contributed by atoms with van der Waals surface area (Å²) in [7, 11) is 0. The molecule has 1 aliphatic heterocycles. The van der Waals surface area contributed by atoms with E-state index in [1.807, 2.05) is 0 Å². The molecule has 9 nitrogen and oxygen atoms in total. The van der Waals surface area contributed by atoms with Crippen molar-refractivity contribution >= 4 is 34.8 Å². The van der Waals surface area contributed by atoms with Crippen molar-refractivity contribution in [3.63, 3.8) is 0 Å². The first-order valence-electron chi connectivity index (χ1n) is 9.12. The largest absolute Gasteiger partial charge is 0.449 e. The van der Waals surface area contributed by atoms with Gasteiger partial charge in [0.25, 0.3) is 5.91 Å².